The number of hydrogen-bond donors (Lipinski definition) is 1. The van der Waals surface area contributed by atoms with Gasteiger partial charge in [0, 0.05) is 51.8 Å². The number of piperidine rings is 1. The van der Waals surface area contributed by atoms with Crippen molar-refractivity contribution in [2.75, 3.05) is 65.2 Å². The van der Waals surface area contributed by atoms with E-state index in [0.717, 1.165) is 35.3 Å². The van der Waals surface area contributed by atoms with E-state index >= 15 is 0 Å². The van der Waals surface area contributed by atoms with E-state index in [1.165, 1.54) is 0 Å². The molecule has 54 heavy (non-hydrogen) atoms. The zero-order chi connectivity index (χ0) is 38.7. The summed E-state index contributed by atoms with van der Waals surface area (Å²) in [4.78, 5) is 17.7. The van der Waals surface area contributed by atoms with E-state index in [1.807, 2.05) is 51.1 Å². The number of nitrogens with zero attached hydrogens (tertiary/aromatic N) is 2. The third-order valence-corrected chi connectivity index (χ3v) is 12.0. The first-order valence-corrected chi connectivity index (χ1v) is 20.4. The number of aliphatic imine (C=N–C) groups is 1. The van der Waals surface area contributed by atoms with Gasteiger partial charge in [0.15, 0.2) is 5.44 Å². The van der Waals surface area contributed by atoms with E-state index in [-0.39, 0.29) is 22.8 Å². The molecule has 0 saturated carbocycles. The van der Waals surface area contributed by atoms with Gasteiger partial charge in [0.25, 0.3) is 0 Å². The molecule has 0 aromatic heterocycles. The number of sulfone groups is 1. The summed E-state index contributed by atoms with van der Waals surface area (Å²) in [6.07, 6.45) is 3.29. The molecule has 5 atom stereocenters. The molecule has 11 nitrogen and oxygen atoms in total. The standard InChI is InChI=1S/C42H57N3O8S/c1-30-8-15-36(16-9-30)54(47,48)41(34-14-17-39-38(22-34)45(19-21-52-39)18-7-20-49-5)53-40-25-43-35(24-42(3,4)44-29-46)23-37(40)33-12-10-32(11-13-33)28-51-27-31(2)26-50-6/h8-17,22,31,35,37,40-41,43H,7,18-21,23-28H2,1-6H3/t31-,35+,37+,40-,41?/m0/s1. The first-order valence-electron chi connectivity index (χ1n) is 18.9. The number of carbonyl (C=O) groups excluding carboxylic acids is 1. The van der Waals surface area contributed by atoms with Gasteiger partial charge in [0.05, 0.1) is 48.6 Å². The molecular formula is C42H57N3O8S. The van der Waals surface area contributed by atoms with E-state index in [0.29, 0.717) is 70.3 Å². The van der Waals surface area contributed by atoms with Crippen LogP contribution in [0.3, 0.4) is 0 Å². The van der Waals surface area contributed by atoms with Crippen molar-refractivity contribution in [2.24, 2.45) is 10.9 Å². The monoisotopic (exact) mass is 763 g/mol. The maximum Gasteiger partial charge on any atom is 0.235 e. The lowest BCUT2D eigenvalue weighted by molar-refractivity contribution is -0.00778. The van der Waals surface area contributed by atoms with Crippen LogP contribution in [0.4, 0.5) is 5.69 Å². The molecule has 0 radical (unpaired) electrons. The van der Waals surface area contributed by atoms with Gasteiger partial charge in [-0.2, -0.15) is 4.99 Å². The van der Waals surface area contributed by atoms with E-state index in [1.54, 1.807) is 32.4 Å². The Kier molecular flexibility index (Phi) is 14.9. The Balaban J connectivity index is 1.49. The van der Waals surface area contributed by atoms with Crippen LogP contribution in [0.25, 0.3) is 0 Å². The average Bonchev–Trinajstić information content (AvgIpc) is 3.14. The van der Waals surface area contributed by atoms with Gasteiger partial charge in [-0.3, -0.25) is 0 Å². The minimum absolute atomic E-state index is 0.000870. The molecule has 2 aliphatic heterocycles. The summed E-state index contributed by atoms with van der Waals surface area (Å²) in [7, 11) is -0.654. The van der Waals surface area contributed by atoms with E-state index < -0.39 is 26.9 Å². The molecule has 0 amide bonds. The molecule has 0 spiro atoms. The summed E-state index contributed by atoms with van der Waals surface area (Å²) in [5.74, 6) is 0.843. The summed E-state index contributed by atoms with van der Waals surface area (Å²) < 4.78 is 58.8. The van der Waals surface area contributed by atoms with Gasteiger partial charge in [0.2, 0.25) is 15.9 Å². The van der Waals surface area contributed by atoms with Gasteiger partial charge in [-0.25, -0.2) is 13.2 Å². The fourth-order valence-electron chi connectivity index (χ4n) is 7.37. The van der Waals surface area contributed by atoms with Crippen LogP contribution >= 0.6 is 0 Å². The van der Waals surface area contributed by atoms with Crippen LogP contribution in [0, 0.1) is 12.8 Å². The van der Waals surface area contributed by atoms with Crippen molar-refractivity contribution in [3.63, 3.8) is 0 Å². The summed E-state index contributed by atoms with van der Waals surface area (Å²) in [5, 5.41) is 3.60. The molecule has 0 bridgehead atoms. The number of ether oxygens (including phenoxy) is 5. The zero-order valence-corrected chi connectivity index (χ0v) is 33.4. The molecular weight excluding hydrogens is 707 g/mol. The topological polar surface area (TPSA) is 125 Å². The first kappa shape index (κ1) is 41.6. The Morgan fingerprint density at radius 2 is 1.80 bits per heavy atom. The number of benzene rings is 3. The molecule has 2 heterocycles. The first-order chi connectivity index (χ1) is 25.9. The van der Waals surface area contributed by atoms with Crippen LogP contribution in [0.15, 0.2) is 76.6 Å². The Bertz CT molecular complexity index is 1790. The Morgan fingerprint density at radius 1 is 1.04 bits per heavy atom. The lowest BCUT2D eigenvalue weighted by Crippen LogP contribution is -2.49. The third kappa shape index (κ3) is 11.0. The number of fused-ring (bicyclic) bond motifs is 1. The fraction of sp³-hybridized carbons (Fsp3) is 0.548. The van der Waals surface area contributed by atoms with Crippen molar-refractivity contribution in [3.05, 3.63) is 89.0 Å². The van der Waals surface area contributed by atoms with Gasteiger partial charge < -0.3 is 33.9 Å². The van der Waals surface area contributed by atoms with Crippen molar-refractivity contribution < 1.29 is 36.9 Å². The van der Waals surface area contributed by atoms with Gasteiger partial charge in [-0.15, -0.1) is 0 Å². The molecule has 1 saturated heterocycles. The number of methoxy groups -OCH3 is 2. The van der Waals surface area contributed by atoms with Crippen molar-refractivity contribution in [2.45, 2.75) is 87.5 Å². The molecule has 3 aromatic rings. The maximum atomic E-state index is 14.7. The molecule has 294 valence electrons. The van der Waals surface area contributed by atoms with Crippen LogP contribution < -0.4 is 15.0 Å². The van der Waals surface area contributed by atoms with Crippen LogP contribution in [-0.4, -0.2) is 92.5 Å². The highest BCUT2D eigenvalue weighted by molar-refractivity contribution is 7.91. The van der Waals surface area contributed by atoms with E-state index in [4.69, 9.17) is 23.7 Å². The van der Waals surface area contributed by atoms with Crippen molar-refractivity contribution >= 4 is 21.6 Å². The average molecular weight is 764 g/mol. The quantitative estimate of drug-likeness (QED) is 0.0818. The van der Waals surface area contributed by atoms with Gasteiger partial charge in [-0.05, 0) is 81.0 Å². The predicted octanol–water partition coefficient (Wildman–Crippen LogP) is 6.54. The van der Waals surface area contributed by atoms with Crippen LogP contribution in [0.1, 0.15) is 73.6 Å². The second kappa shape index (κ2) is 19.3. The molecule has 1 N–H and O–H groups in total. The highest BCUT2D eigenvalue weighted by Crippen LogP contribution is 2.42. The predicted molar refractivity (Wildman–Crippen MR) is 210 cm³/mol. The summed E-state index contributed by atoms with van der Waals surface area (Å²) in [6, 6.07) is 20.8. The molecule has 1 unspecified atom stereocenters. The SMILES string of the molecule is COCCCN1CCOc2ccc(C(O[C@H]3CN[C@@H](CC(C)(C)N=C=O)C[C@@H]3c3ccc(COC[C@@H](C)COC)cc3)S(=O)(=O)c3ccc(C)cc3)cc21. The number of nitrogens with one attached hydrogen (secondary N) is 1. The van der Waals surface area contributed by atoms with Crippen LogP contribution in [0.5, 0.6) is 5.75 Å². The van der Waals surface area contributed by atoms with Gasteiger partial charge >= 0.3 is 0 Å². The number of isocyanates is 1. The Morgan fingerprint density at radius 3 is 2.50 bits per heavy atom. The molecule has 2 aliphatic rings. The smallest absolute Gasteiger partial charge is 0.235 e. The second-order valence-electron chi connectivity index (χ2n) is 15.3. The molecule has 0 aliphatic carbocycles. The summed E-state index contributed by atoms with van der Waals surface area (Å²) in [5.41, 5.74) is 2.51. The fourth-order valence-corrected chi connectivity index (χ4v) is 8.93. The van der Waals surface area contributed by atoms with Gasteiger partial charge in [-0.1, -0.05) is 55.0 Å². The highest BCUT2D eigenvalue weighted by atomic mass is 32.2. The number of hydrogen-bond acceptors (Lipinski definition) is 11. The largest absolute Gasteiger partial charge is 0.490 e. The lowest BCUT2D eigenvalue weighted by Gasteiger charge is -2.40. The Hall–Kier alpha value is -3.61. The number of anilines is 1. The normalized spacial score (nSPS) is 20.0. The van der Waals surface area contributed by atoms with Crippen LogP contribution in [0.2, 0.25) is 0 Å². The van der Waals surface area contributed by atoms with Crippen molar-refractivity contribution in [1.82, 2.24) is 5.32 Å². The minimum Gasteiger partial charge on any atom is -0.490 e. The molecule has 12 heteroatoms. The lowest BCUT2D eigenvalue weighted by atomic mass is 9.80. The van der Waals surface area contributed by atoms with E-state index in [9.17, 15) is 13.2 Å². The van der Waals surface area contributed by atoms with Crippen molar-refractivity contribution in [1.29, 1.82) is 0 Å². The summed E-state index contributed by atoms with van der Waals surface area (Å²) in [6.45, 7) is 12.6. The molecule has 1 fully saturated rings. The number of rotatable bonds is 19. The van der Waals surface area contributed by atoms with Crippen LogP contribution in [-0.2, 0) is 40.2 Å². The maximum absolute atomic E-state index is 14.7. The number of aryl methyl sites for hydroxylation is 1. The van der Waals surface area contributed by atoms with Gasteiger partial charge in [0.1, 0.15) is 12.4 Å². The second-order valence-corrected chi connectivity index (χ2v) is 17.2. The van der Waals surface area contributed by atoms with E-state index in [2.05, 4.69) is 46.4 Å². The van der Waals surface area contributed by atoms with Crippen molar-refractivity contribution in [3.8, 4) is 5.75 Å². The molecule has 3 aromatic carbocycles. The molecule has 5 rings (SSSR count). The zero-order valence-electron chi connectivity index (χ0n) is 32.6. The minimum atomic E-state index is -4.03. The summed E-state index contributed by atoms with van der Waals surface area (Å²) >= 11 is 0. The third-order valence-electron chi connectivity index (χ3n) is 10.1. The highest BCUT2D eigenvalue weighted by Gasteiger charge is 2.40. The Labute approximate surface area is 321 Å².